The highest BCUT2D eigenvalue weighted by molar-refractivity contribution is 7.09. The summed E-state index contributed by atoms with van der Waals surface area (Å²) in [5, 5.41) is 5.17. The molecule has 0 radical (unpaired) electrons. The van der Waals surface area contributed by atoms with Crippen molar-refractivity contribution in [3.05, 3.63) is 22.4 Å². The van der Waals surface area contributed by atoms with E-state index in [1.807, 2.05) is 6.07 Å². The molecule has 3 nitrogen and oxygen atoms in total. The minimum absolute atomic E-state index is 0. The van der Waals surface area contributed by atoms with Crippen molar-refractivity contribution < 1.29 is 4.79 Å². The predicted octanol–water partition coefficient (Wildman–Crippen LogP) is 3.13. The van der Waals surface area contributed by atoms with Crippen LogP contribution in [0.2, 0.25) is 0 Å². The summed E-state index contributed by atoms with van der Waals surface area (Å²) in [5.74, 6) is 0.126. The van der Waals surface area contributed by atoms with Crippen molar-refractivity contribution in [2.24, 2.45) is 5.73 Å². The maximum Gasteiger partial charge on any atom is 0.220 e. The zero-order valence-corrected chi connectivity index (χ0v) is 13.4. The molecule has 0 aliphatic rings. The summed E-state index contributed by atoms with van der Waals surface area (Å²) in [6.45, 7) is 4.65. The molecule has 0 bridgehead atoms. The molecule has 0 aliphatic heterocycles. The maximum absolute atomic E-state index is 11.9. The van der Waals surface area contributed by atoms with Gasteiger partial charge < -0.3 is 11.1 Å². The van der Waals surface area contributed by atoms with Gasteiger partial charge in [-0.2, -0.15) is 0 Å². The fraction of sp³-hybridized carbons (Fsp3) is 0.643. The van der Waals surface area contributed by atoms with Gasteiger partial charge in [-0.3, -0.25) is 4.79 Å². The summed E-state index contributed by atoms with van der Waals surface area (Å²) in [6, 6.07) is 4.17. The van der Waals surface area contributed by atoms with Gasteiger partial charge in [0.2, 0.25) is 5.91 Å². The van der Waals surface area contributed by atoms with Crippen molar-refractivity contribution in [3.63, 3.8) is 0 Å². The maximum atomic E-state index is 11.9. The first-order chi connectivity index (χ1) is 8.65. The Bertz CT molecular complexity index is 342. The van der Waals surface area contributed by atoms with Crippen LogP contribution in [0.4, 0.5) is 0 Å². The van der Waals surface area contributed by atoms with Crippen molar-refractivity contribution in [2.75, 3.05) is 6.54 Å². The van der Waals surface area contributed by atoms with E-state index >= 15 is 0 Å². The third-order valence-electron chi connectivity index (χ3n) is 3.56. The number of aryl methyl sites for hydroxylation is 1. The lowest BCUT2D eigenvalue weighted by Gasteiger charge is -2.31. The molecule has 0 unspecified atom stereocenters. The van der Waals surface area contributed by atoms with Gasteiger partial charge >= 0.3 is 0 Å². The Balaban J connectivity index is 0.00000324. The third-order valence-corrected chi connectivity index (χ3v) is 4.49. The molecule has 0 aromatic carbocycles. The van der Waals surface area contributed by atoms with E-state index in [9.17, 15) is 4.79 Å². The number of halogens is 1. The van der Waals surface area contributed by atoms with Gasteiger partial charge in [0.05, 0.1) is 5.54 Å². The van der Waals surface area contributed by atoms with Gasteiger partial charge in [-0.05, 0) is 37.1 Å². The first kappa shape index (κ1) is 18.4. The van der Waals surface area contributed by atoms with E-state index in [-0.39, 0.29) is 23.9 Å². The second-order valence-corrected chi connectivity index (χ2v) is 5.70. The highest BCUT2D eigenvalue weighted by atomic mass is 35.5. The van der Waals surface area contributed by atoms with Crippen LogP contribution in [0.3, 0.4) is 0 Å². The van der Waals surface area contributed by atoms with Crippen LogP contribution in [-0.2, 0) is 11.2 Å². The Kier molecular flexibility index (Phi) is 9.06. The average molecular weight is 305 g/mol. The number of nitrogens with two attached hydrogens (primary N) is 1. The van der Waals surface area contributed by atoms with E-state index in [0.717, 1.165) is 25.7 Å². The van der Waals surface area contributed by atoms with E-state index < -0.39 is 0 Å². The number of hydrogen-bond acceptors (Lipinski definition) is 3. The number of hydrogen-bond donors (Lipinski definition) is 2. The van der Waals surface area contributed by atoms with Gasteiger partial charge in [0.15, 0.2) is 0 Å². The van der Waals surface area contributed by atoms with Crippen LogP contribution in [0.1, 0.15) is 44.4 Å². The summed E-state index contributed by atoms with van der Waals surface area (Å²) in [6.07, 6.45) is 4.24. The Morgan fingerprint density at radius 2 is 2.11 bits per heavy atom. The van der Waals surface area contributed by atoms with Crippen LogP contribution >= 0.6 is 23.7 Å². The Morgan fingerprint density at radius 3 is 2.58 bits per heavy atom. The fourth-order valence-electron chi connectivity index (χ4n) is 2.00. The summed E-state index contributed by atoms with van der Waals surface area (Å²) in [5.41, 5.74) is 5.56. The van der Waals surface area contributed by atoms with Crippen LogP contribution in [0.15, 0.2) is 17.5 Å². The molecule has 3 N–H and O–H groups in total. The number of thiophene rings is 1. The SMILES string of the molecule is CCC(CC)(CN)NC(=O)CCCc1cccs1.Cl. The van der Waals surface area contributed by atoms with E-state index in [1.165, 1.54) is 4.88 Å². The minimum atomic E-state index is -0.208. The quantitative estimate of drug-likeness (QED) is 0.775. The standard InChI is InChI=1S/C14H24N2OS.ClH/c1-3-14(4-2,11-15)16-13(17)9-5-7-12-8-6-10-18-12;/h6,8,10H,3-5,7,9,11,15H2,1-2H3,(H,16,17);1H. The molecule has 0 aliphatic carbocycles. The van der Waals surface area contributed by atoms with Crippen molar-refractivity contribution >= 4 is 29.7 Å². The molecule has 110 valence electrons. The molecule has 1 heterocycles. The largest absolute Gasteiger partial charge is 0.349 e. The molecule has 1 rings (SSSR count). The Morgan fingerprint density at radius 1 is 1.42 bits per heavy atom. The van der Waals surface area contributed by atoms with Gasteiger partial charge in [-0.25, -0.2) is 0 Å². The first-order valence-corrected chi connectivity index (χ1v) is 7.57. The average Bonchev–Trinajstić information content (AvgIpc) is 2.89. The van der Waals surface area contributed by atoms with Crippen LogP contribution < -0.4 is 11.1 Å². The lowest BCUT2D eigenvalue weighted by atomic mass is 9.92. The first-order valence-electron chi connectivity index (χ1n) is 6.69. The number of carbonyl (C=O) groups excluding carboxylic acids is 1. The molecule has 5 heteroatoms. The van der Waals surface area contributed by atoms with E-state index in [2.05, 4.69) is 30.6 Å². The molecule has 0 spiro atoms. The van der Waals surface area contributed by atoms with Crippen LogP contribution in [0, 0.1) is 0 Å². The zero-order valence-electron chi connectivity index (χ0n) is 11.8. The second-order valence-electron chi connectivity index (χ2n) is 4.67. The topological polar surface area (TPSA) is 55.1 Å². The molecule has 1 aromatic rings. The molecule has 1 aromatic heterocycles. The number of carbonyl (C=O) groups is 1. The van der Waals surface area contributed by atoms with E-state index in [1.54, 1.807) is 11.3 Å². The van der Waals surface area contributed by atoms with Gasteiger partial charge in [0.25, 0.3) is 0 Å². The molecule has 19 heavy (non-hydrogen) atoms. The van der Waals surface area contributed by atoms with Crippen molar-refractivity contribution in [3.8, 4) is 0 Å². The van der Waals surface area contributed by atoms with Gasteiger partial charge in [0, 0.05) is 17.8 Å². The second kappa shape index (κ2) is 9.34. The van der Waals surface area contributed by atoms with Gasteiger partial charge in [-0.15, -0.1) is 23.7 Å². The third kappa shape index (κ3) is 5.93. The summed E-state index contributed by atoms with van der Waals surface area (Å²) in [7, 11) is 0. The lowest BCUT2D eigenvalue weighted by Crippen LogP contribution is -2.52. The summed E-state index contributed by atoms with van der Waals surface area (Å²) < 4.78 is 0. The highest BCUT2D eigenvalue weighted by Gasteiger charge is 2.25. The van der Waals surface area contributed by atoms with Crippen molar-refractivity contribution in [1.29, 1.82) is 0 Å². The lowest BCUT2D eigenvalue weighted by molar-refractivity contribution is -0.123. The van der Waals surface area contributed by atoms with E-state index in [4.69, 9.17) is 5.73 Å². The van der Waals surface area contributed by atoms with Crippen LogP contribution in [-0.4, -0.2) is 18.0 Å². The molecule has 0 saturated heterocycles. The number of rotatable bonds is 8. The van der Waals surface area contributed by atoms with Crippen LogP contribution in [0.5, 0.6) is 0 Å². The number of amides is 1. The summed E-state index contributed by atoms with van der Waals surface area (Å²) >= 11 is 1.75. The predicted molar refractivity (Wildman–Crippen MR) is 85.0 cm³/mol. The van der Waals surface area contributed by atoms with E-state index in [0.29, 0.717) is 13.0 Å². The molecular weight excluding hydrogens is 280 g/mol. The van der Waals surface area contributed by atoms with Gasteiger partial charge in [0.1, 0.15) is 0 Å². The highest BCUT2D eigenvalue weighted by Crippen LogP contribution is 2.15. The normalized spacial score (nSPS) is 10.9. The monoisotopic (exact) mass is 304 g/mol. The molecule has 1 amide bonds. The van der Waals surface area contributed by atoms with Crippen molar-refractivity contribution in [2.45, 2.75) is 51.5 Å². The zero-order chi connectivity index (χ0) is 13.4. The Labute approximate surface area is 126 Å². The molecule has 0 atom stereocenters. The Hall–Kier alpha value is -0.580. The summed E-state index contributed by atoms with van der Waals surface area (Å²) in [4.78, 5) is 13.2. The van der Waals surface area contributed by atoms with Gasteiger partial charge in [-0.1, -0.05) is 19.9 Å². The molecular formula is C14H25ClN2OS. The fourth-order valence-corrected chi connectivity index (χ4v) is 2.75. The smallest absolute Gasteiger partial charge is 0.220 e. The molecule has 0 fully saturated rings. The van der Waals surface area contributed by atoms with Crippen LogP contribution in [0.25, 0.3) is 0 Å². The molecule has 0 saturated carbocycles. The minimum Gasteiger partial charge on any atom is -0.349 e. The van der Waals surface area contributed by atoms with Crippen molar-refractivity contribution in [1.82, 2.24) is 5.32 Å². The number of nitrogens with one attached hydrogen (secondary N) is 1.